The molecule has 3 heterocycles. The molecule has 4 aromatic rings. The Morgan fingerprint density at radius 3 is 2.79 bits per heavy atom. The van der Waals surface area contributed by atoms with Gasteiger partial charge in [-0.3, -0.25) is 0 Å². The fourth-order valence-corrected chi connectivity index (χ4v) is 4.39. The fraction of sp³-hybridized carbons (Fsp3) is 0.174. The molecule has 5 rings (SSSR count). The van der Waals surface area contributed by atoms with Crippen molar-refractivity contribution in [3.63, 3.8) is 0 Å². The molecule has 0 amide bonds. The summed E-state index contributed by atoms with van der Waals surface area (Å²) >= 11 is 7.76. The lowest BCUT2D eigenvalue weighted by atomic mass is 10.0. The highest BCUT2D eigenvalue weighted by Gasteiger charge is 2.17. The number of pyridine rings is 1. The van der Waals surface area contributed by atoms with E-state index >= 15 is 0 Å². The van der Waals surface area contributed by atoms with Crippen LogP contribution >= 0.6 is 22.9 Å². The molecule has 0 bridgehead atoms. The molecule has 1 N–H and O–H groups in total. The molecule has 0 unspecified atom stereocenters. The fourth-order valence-electron chi connectivity index (χ4n) is 3.54. The normalized spacial score (nSPS) is 12.6. The zero-order chi connectivity index (χ0) is 19.6. The maximum Gasteiger partial charge on any atom is 0.231 e. The second-order valence-corrected chi connectivity index (χ2v) is 8.18. The second kappa shape index (κ2) is 8.03. The Morgan fingerprint density at radius 1 is 1.07 bits per heavy atom. The topological polar surface area (TPSA) is 43.4 Å². The Bertz CT molecular complexity index is 1160. The minimum Gasteiger partial charge on any atom is -0.454 e. The number of fused-ring (bicyclic) bond motifs is 2. The molecule has 2 aromatic carbocycles. The van der Waals surface area contributed by atoms with Gasteiger partial charge in [0.1, 0.15) is 0 Å². The third-order valence-electron chi connectivity index (χ3n) is 4.98. The van der Waals surface area contributed by atoms with Crippen LogP contribution in [0.25, 0.3) is 22.2 Å². The van der Waals surface area contributed by atoms with Crippen molar-refractivity contribution in [2.24, 2.45) is 0 Å². The van der Waals surface area contributed by atoms with Crippen LogP contribution in [0.5, 0.6) is 11.5 Å². The minimum absolute atomic E-state index is 0.265. The largest absolute Gasteiger partial charge is 0.454 e. The van der Waals surface area contributed by atoms with Crippen LogP contribution in [-0.4, -0.2) is 18.3 Å². The number of hydrogen-bond donors (Lipinski definition) is 1. The summed E-state index contributed by atoms with van der Waals surface area (Å²) in [5.41, 5.74) is 5.46. The van der Waals surface area contributed by atoms with Crippen LogP contribution in [0.3, 0.4) is 0 Å². The lowest BCUT2D eigenvalue weighted by Gasteiger charge is -2.12. The van der Waals surface area contributed by atoms with E-state index in [0.717, 1.165) is 58.2 Å². The molecular formula is C23H19ClN2O2S. The highest BCUT2D eigenvalue weighted by molar-refractivity contribution is 7.08. The number of aromatic nitrogens is 1. The van der Waals surface area contributed by atoms with Crippen LogP contribution in [0.15, 0.2) is 59.3 Å². The van der Waals surface area contributed by atoms with Gasteiger partial charge in [0, 0.05) is 34.0 Å². The van der Waals surface area contributed by atoms with E-state index in [1.54, 1.807) is 11.3 Å². The molecule has 146 valence electrons. The smallest absolute Gasteiger partial charge is 0.231 e. The summed E-state index contributed by atoms with van der Waals surface area (Å²) in [6.45, 7) is 1.87. The second-order valence-electron chi connectivity index (χ2n) is 6.96. The summed E-state index contributed by atoms with van der Waals surface area (Å²) in [5.74, 6) is 1.54. The molecule has 6 heteroatoms. The zero-order valence-electron chi connectivity index (χ0n) is 15.7. The Labute approximate surface area is 178 Å². The van der Waals surface area contributed by atoms with Crippen LogP contribution in [0, 0.1) is 0 Å². The molecule has 1 aliphatic rings. The van der Waals surface area contributed by atoms with Gasteiger partial charge in [-0.25, -0.2) is 4.98 Å². The number of rotatable bonds is 6. The van der Waals surface area contributed by atoms with E-state index in [1.165, 1.54) is 11.1 Å². The number of nitrogens with one attached hydrogen (secondary N) is 1. The third-order valence-corrected chi connectivity index (χ3v) is 5.90. The summed E-state index contributed by atoms with van der Waals surface area (Å²) in [5, 5.41) is 9.60. The van der Waals surface area contributed by atoms with Gasteiger partial charge in [0.05, 0.1) is 11.2 Å². The van der Waals surface area contributed by atoms with E-state index in [1.807, 2.05) is 30.3 Å². The van der Waals surface area contributed by atoms with Gasteiger partial charge in [-0.05, 0) is 59.8 Å². The van der Waals surface area contributed by atoms with Crippen molar-refractivity contribution in [2.75, 3.05) is 13.3 Å². The zero-order valence-corrected chi connectivity index (χ0v) is 17.2. The van der Waals surface area contributed by atoms with Crippen LogP contribution < -0.4 is 14.8 Å². The maximum absolute atomic E-state index is 6.08. The molecule has 0 aliphatic carbocycles. The molecular weight excluding hydrogens is 404 g/mol. The van der Waals surface area contributed by atoms with Crippen molar-refractivity contribution < 1.29 is 9.47 Å². The Hall–Kier alpha value is -2.60. The monoisotopic (exact) mass is 422 g/mol. The van der Waals surface area contributed by atoms with Gasteiger partial charge in [0.15, 0.2) is 11.5 Å². The SMILES string of the molecule is Clc1cccc(CCNCc2cc3cc4c(cc3nc2-c2ccsc2)OCO4)c1. The average molecular weight is 423 g/mol. The maximum atomic E-state index is 6.08. The van der Waals surface area contributed by atoms with E-state index in [0.29, 0.717) is 0 Å². The molecule has 0 saturated carbocycles. The summed E-state index contributed by atoms with van der Waals surface area (Å²) in [6, 6.07) is 16.3. The molecule has 2 aromatic heterocycles. The molecule has 0 spiro atoms. The van der Waals surface area contributed by atoms with E-state index in [2.05, 4.69) is 34.3 Å². The van der Waals surface area contributed by atoms with Gasteiger partial charge in [-0.1, -0.05) is 23.7 Å². The molecule has 0 saturated heterocycles. The average Bonchev–Trinajstić information content (AvgIpc) is 3.40. The van der Waals surface area contributed by atoms with Crippen LogP contribution in [0.1, 0.15) is 11.1 Å². The highest BCUT2D eigenvalue weighted by atomic mass is 35.5. The van der Waals surface area contributed by atoms with Gasteiger partial charge in [-0.15, -0.1) is 0 Å². The van der Waals surface area contributed by atoms with E-state index < -0.39 is 0 Å². The van der Waals surface area contributed by atoms with Gasteiger partial charge >= 0.3 is 0 Å². The van der Waals surface area contributed by atoms with E-state index in [9.17, 15) is 0 Å². The van der Waals surface area contributed by atoms with Crippen LogP contribution in [-0.2, 0) is 13.0 Å². The summed E-state index contributed by atoms with van der Waals surface area (Å²) in [7, 11) is 0. The van der Waals surface area contributed by atoms with Crippen molar-refractivity contribution in [2.45, 2.75) is 13.0 Å². The minimum atomic E-state index is 0.265. The van der Waals surface area contributed by atoms with Gasteiger partial charge in [0.25, 0.3) is 0 Å². The van der Waals surface area contributed by atoms with Crippen molar-refractivity contribution >= 4 is 33.8 Å². The van der Waals surface area contributed by atoms with Gasteiger partial charge in [-0.2, -0.15) is 11.3 Å². The molecule has 29 heavy (non-hydrogen) atoms. The van der Waals surface area contributed by atoms with Crippen molar-refractivity contribution in [3.8, 4) is 22.8 Å². The number of ether oxygens (including phenoxy) is 2. The molecule has 0 radical (unpaired) electrons. The predicted molar refractivity (Wildman–Crippen MR) is 118 cm³/mol. The van der Waals surface area contributed by atoms with Crippen LogP contribution in [0.2, 0.25) is 5.02 Å². The molecule has 4 nitrogen and oxygen atoms in total. The van der Waals surface area contributed by atoms with Gasteiger partial charge in [0.2, 0.25) is 6.79 Å². The number of halogens is 1. The number of hydrogen-bond acceptors (Lipinski definition) is 5. The molecule has 0 atom stereocenters. The lowest BCUT2D eigenvalue weighted by molar-refractivity contribution is 0.174. The first-order chi connectivity index (χ1) is 14.3. The van der Waals surface area contributed by atoms with Crippen LogP contribution in [0.4, 0.5) is 0 Å². The van der Waals surface area contributed by atoms with Crippen molar-refractivity contribution in [1.82, 2.24) is 10.3 Å². The van der Waals surface area contributed by atoms with Crippen molar-refractivity contribution in [3.05, 3.63) is 75.4 Å². The Morgan fingerprint density at radius 2 is 1.97 bits per heavy atom. The summed E-state index contributed by atoms with van der Waals surface area (Å²) < 4.78 is 11.0. The standard InChI is InChI=1S/C23H19ClN2O2S/c24-19-3-1-2-15(8-19)4-6-25-12-18-9-17-10-21-22(28-14-27-21)11-20(17)26-23(18)16-5-7-29-13-16/h1-3,5,7-11,13,25H,4,6,12,14H2. The quantitative estimate of drug-likeness (QED) is 0.406. The highest BCUT2D eigenvalue weighted by Crippen LogP contribution is 2.37. The Kier molecular flexibility index (Phi) is 5.10. The number of nitrogens with zero attached hydrogens (tertiary/aromatic N) is 1. The lowest BCUT2D eigenvalue weighted by Crippen LogP contribution is -2.17. The molecule has 0 fully saturated rings. The first-order valence-corrected chi connectivity index (χ1v) is 10.8. The van der Waals surface area contributed by atoms with E-state index in [4.69, 9.17) is 26.1 Å². The number of benzene rings is 2. The predicted octanol–water partition coefficient (Wildman–Crippen LogP) is 5.68. The Balaban J connectivity index is 1.40. The number of thiophene rings is 1. The van der Waals surface area contributed by atoms with E-state index in [-0.39, 0.29) is 6.79 Å². The molecule has 1 aliphatic heterocycles. The first-order valence-electron chi connectivity index (χ1n) is 9.47. The summed E-state index contributed by atoms with van der Waals surface area (Å²) in [6.07, 6.45) is 0.925. The third kappa shape index (κ3) is 3.94. The summed E-state index contributed by atoms with van der Waals surface area (Å²) in [4.78, 5) is 4.96. The van der Waals surface area contributed by atoms with Crippen molar-refractivity contribution in [1.29, 1.82) is 0 Å². The van der Waals surface area contributed by atoms with Gasteiger partial charge < -0.3 is 14.8 Å². The first kappa shape index (κ1) is 18.4.